The van der Waals surface area contributed by atoms with Gasteiger partial charge in [-0.3, -0.25) is 19.6 Å². The maximum Gasteiger partial charge on any atom is 0.306 e. The van der Waals surface area contributed by atoms with Crippen molar-refractivity contribution < 1.29 is 38.7 Å². The van der Waals surface area contributed by atoms with E-state index in [0.29, 0.717) is 24.2 Å². The number of rotatable bonds is 6. The largest absolute Gasteiger partial charge is 0.460 e. The molecule has 2 aliphatic rings. The molecule has 2 aromatic rings. The number of carbonyl (C=O) groups excluding carboxylic acids is 2. The molecule has 2 fully saturated rings. The van der Waals surface area contributed by atoms with Gasteiger partial charge in [0.15, 0.2) is 0 Å². The molecule has 2 saturated heterocycles. The standard InChI is InChI=1S/2C20H32N2O4/c2*1-19(2,3)18-17(24)12(10-16(23)26-20(4,5)6)9-15(25-18)13-7-8-22-11-14(13)21/h2*7-8,11-12,15,17-18,24H,9-10,21H2,1-6H3/t2*12-,15+,17-,18-/m10/s1. The molecule has 12 nitrogen and oxygen atoms in total. The van der Waals surface area contributed by atoms with Crippen LogP contribution in [0, 0.1) is 22.7 Å². The molecule has 4 rings (SSSR count). The average Bonchev–Trinajstić information content (AvgIpc) is 2.97. The van der Waals surface area contributed by atoms with E-state index in [1.54, 1.807) is 24.8 Å². The topological polar surface area (TPSA) is 189 Å². The zero-order chi connectivity index (χ0) is 39.4. The van der Waals surface area contributed by atoms with Gasteiger partial charge < -0.3 is 40.6 Å². The SMILES string of the molecule is CC(C)(C)OC(=O)C[C@@H]1C[C@H](c2ccncc2N)O[C@H](C(C)(C)C)[C@H]1O.CC(C)(C)OC(=O)C[C@H]1C[C@@H](c2ccncc2N)O[C@@H](C(C)(C)C)[C@@H]1O. The molecule has 0 aromatic carbocycles. The molecule has 0 amide bonds. The quantitative estimate of drug-likeness (QED) is 0.237. The number of aliphatic hydroxyl groups excluding tert-OH is 2. The van der Waals surface area contributed by atoms with E-state index in [1.807, 2.05) is 95.2 Å². The molecule has 12 heteroatoms. The molecule has 0 radical (unpaired) electrons. The number of aromatic nitrogens is 2. The van der Waals surface area contributed by atoms with Crippen LogP contribution >= 0.6 is 0 Å². The van der Waals surface area contributed by atoms with E-state index in [-0.39, 0.29) is 59.7 Å². The third-order valence-electron chi connectivity index (χ3n) is 9.11. The van der Waals surface area contributed by atoms with Crippen LogP contribution in [0.4, 0.5) is 11.4 Å². The minimum atomic E-state index is -0.748. The first-order valence-electron chi connectivity index (χ1n) is 18.3. The maximum atomic E-state index is 12.3. The Morgan fingerprint density at radius 2 is 1.00 bits per heavy atom. The molecule has 0 saturated carbocycles. The molecule has 0 bridgehead atoms. The van der Waals surface area contributed by atoms with Crippen LogP contribution in [0.5, 0.6) is 0 Å². The van der Waals surface area contributed by atoms with E-state index in [1.165, 1.54) is 0 Å². The van der Waals surface area contributed by atoms with Gasteiger partial charge in [0.05, 0.1) is 73.2 Å². The fourth-order valence-corrected chi connectivity index (χ4v) is 6.81. The zero-order valence-electron chi connectivity index (χ0n) is 33.3. The van der Waals surface area contributed by atoms with Gasteiger partial charge in [-0.2, -0.15) is 0 Å². The predicted molar refractivity (Wildman–Crippen MR) is 201 cm³/mol. The van der Waals surface area contributed by atoms with Gasteiger partial charge in [0.2, 0.25) is 0 Å². The average molecular weight is 729 g/mol. The van der Waals surface area contributed by atoms with Gasteiger partial charge in [0, 0.05) is 35.4 Å². The Morgan fingerprint density at radius 3 is 1.27 bits per heavy atom. The van der Waals surface area contributed by atoms with Crippen LogP contribution in [0.25, 0.3) is 0 Å². The number of hydrogen-bond donors (Lipinski definition) is 4. The third kappa shape index (κ3) is 12.4. The highest BCUT2D eigenvalue weighted by Crippen LogP contribution is 2.45. The summed E-state index contributed by atoms with van der Waals surface area (Å²) in [5.74, 6) is -1.14. The predicted octanol–water partition coefficient (Wildman–Crippen LogP) is 6.50. The van der Waals surface area contributed by atoms with E-state index in [4.69, 9.17) is 30.4 Å². The number of ether oxygens (including phenoxy) is 4. The summed E-state index contributed by atoms with van der Waals surface area (Å²) in [6.07, 6.45) is 4.93. The second-order valence-corrected chi connectivity index (χ2v) is 18.4. The van der Waals surface area contributed by atoms with Gasteiger partial charge in [0.25, 0.3) is 0 Å². The molecule has 0 spiro atoms. The lowest BCUT2D eigenvalue weighted by Crippen LogP contribution is -2.49. The normalized spacial score (nSPS) is 27.2. The van der Waals surface area contributed by atoms with Crippen LogP contribution < -0.4 is 11.5 Å². The van der Waals surface area contributed by atoms with Crippen molar-refractivity contribution in [1.29, 1.82) is 0 Å². The summed E-state index contributed by atoms with van der Waals surface area (Å²) in [6.45, 7) is 23.1. The Hall–Kier alpha value is -3.32. The Bertz CT molecular complexity index is 1380. The molecule has 8 atom stereocenters. The number of nitrogens with two attached hydrogens (primary N) is 2. The highest BCUT2D eigenvalue weighted by atomic mass is 16.6. The highest BCUT2D eigenvalue weighted by Gasteiger charge is 2.46. The van der Waals surface area contributed by atoms with Gasteiger partial charge >= 0.3 is 11.9 Å². The number of aliphatic hydroxyl groups is 2. The molecular formula is C40H64N4O8. The summed E-state index contributed by atoms with van der Waals surface area (Å²) in [7, 11) is 0. The maximum absolute atomic E-state index is 12.3. The second-order valence-electron chi connectivity index (χ2n) is 18.4. The number of nitrogens with zero attached hydrogens (tertiary/aromatic N) is 2. The van der Waals surface area contributed by atoms with Crippen LogP contribution in [0.3, 0.4) is 0 Å². The van der Waals surface area contributed by atoms with Crippen molar-refractivity contribution >= 4 is 23.3 Å². The van der Waals surface area contributed by atoms with Gasteiger partial charge in [-0.15, -0.1) is 0 Å². The van der Waals surface area contributed by atoms with E-state index in [0.717, 1.165) is 11.1 Å². The molecule has 4 heterocycles. The molecule has 0 unspecified atom stereocenters. The van der Waals surface area contributed by atoms with E-state index < -0.39 is 35.6 Å². The van der Waals surface area contributed by atoms with E-state index in [9.17, 15) is 19.8 Å². The van der Waals surface area contributed by atoms with Crippen molar-refractivity contribution in [1.82, 2.24) is 9.97 Å². The smallest absolute Gasteiger partial charge is 0.306 e. The van der Waals surface area contributed by atoms with Crippen LogP contribution in [0.2, 0.25) is 0 Å². The first-order chi connectivity index (χ1) is 23.8. The number of nitrogen functional groups attached to an aromatic ring is 2. The van der Waals surface area contributed by atoms with E-state index in [2.05, 4.69) is 9.97 Å². The molecule has 6 N–H and O–H groups in total. The van der Waals surface area contributed by atoms with Crippen LogP contribution in [0.15, 0.2) is 36.9 Å². The summed E-state index contributed by atoms with van der Waals surface area (Å²) < 4.78 is 23.4. The lowest BCUT2D eigenvalue weighted by Gasteiger charge is -2.45. The molecular weight excluding hydrogens is 664 g/mol. The highest BCUT2D eigenvalue weighted by molar-refractivity contribution is 5.70. The van der Waals surface area contributed by atoms with Crippen molar-refractivity contribution in [3.8, 4) is 0 Å². The van der Waals surface area contributed by atoms with Crippen molar-refractivity contribution in [2.24, 2.45) is 22.7 Å². The van der Waals surface area contributed by atoms with E-state index >= 15 is 0 Å². The number of anilines is 2. The first kappa shape index (κ1) is 43.1. The molecule has 2 aromatic heterocycles. The molecule has 292 valence electrons. The van der Waals surface area contributed by atoms with Crippen LogP contribution in [0.1, 0.15) is 132 Å². The van der Waals surface area contributed by atoms with Crippen molar-refractivity contribution in [3.63, 3.8) is 0 Å². The number of esters is 2. The van der Waals surface area contributed by atoms with Crippen molar-refractivity contribution in [3.05, 3.63) is 48.0 Å². The number of pyridine rings is 2. The number of hydrogen-bond acceptors (Lipinski definition) is 12. The van der Waals surface area contributed by atoms with Crippen LogP contribution in [-0.4, -0.2) is 67.7 Å². The Labute approximate surface area is 310 Å². The lowest BCUT2D eigenvalue weighted by atomic mass is 9.75. The summed E-state index contributed by atoms with van der Waals surface area (Å²) in [6, 6.07) is 3.67. The van der Waals surface area contributed by atoms with Gasteiger partial charge in [-0.25, -0.2) is 0 Å². The monoisotopic (exact) mass is 728 g/mol. The van der Waals surface area contributed by atoms with Gasteiger partial charge in [-0.1, -0.05) is 41.5 Å². The van der Waals surface area contributed by atoms with Crippen LogP contribution in [-0.2, 0) is 28.5 Å². The first-order valence-corrected chi connectivity index (χ1v) is 18.3. The molecule has 52 heavy (non-hydrogen) atoms. The third-order valence-corrected chi connectivity index (χ3v) is 9.11. The molecule has 0 aliphatic carbocycles. The second kappa shape index (κ2) is 16.8. The zero-order valence-corrected chi connectivity index (χ0v) is 33.3. The minimum Gasteiger partial charge on any atom is -0.460 e. The summed E-state index contributed by atoms with van der Waals surface area (Å²) in [5.41, 5.74) is 13.3. The fourth-order valence-electron chi connectivity index (χ4n) is 6.81. The summed E-state index contributed by atoms with van der Waals surface area (Å²) >= 11 is 0. The fraction of sp³-hybridized carbons (Fsp3) is 0.700. The molecule has 2 aliphatic heterocycles. The summed E-state index contributed by atoms with van der Waals surface area (Å²) in [4.78, 5) is 32.7. The summed E-state index contributed by atoms with van der Waals surface area (Å²) in [5, 5.41) is 21.7. The Balaban J connectivity index is 0.000000280. The van der Waals surface area contributed by atoms with Gasteiger partial charge in [0.1, 0.15) is 11.2 Å². The lowest BCUT2D eigenvalue weighted by molar-refractivity contribution is -0.191. The minimum absolute atomic E-state index is 0.149. The van der Waals surface area contributed by atoms with Crippen molar-refractivity contribution in [2.75, 3.05) is 11.5 Å². The van der Waals surface area contributed by atoms with Crippen molar-refractivity contribution in [2.45, 2.75) is 157 Å². The van der Waals surface area contributed by atoms with Gasteiger partial charge in [-0.05, 0) is 77.3 Å². The Morgan fingerprint density at radius 1 is 0.673 bits per heavy atom. The number of carbonyl (C=O) groups is 2. The Kier molecular flexibility index (Phi) is 13.9.